The fourth-order valence-electron chi connectivity index (χ4n) is 3.35. The molecule has 236 valence electrons. The summed E-state index contributed by atoms with van der Waals surface area (Å²) in [6.45, 7) is 0. The van der Waals surface area contributed by atoms with Crippen LogP contribution in [-0.4, -0.2) is 11.8 Å². The number of rotatable bonds is 4. The number of hydrogen-bond donors (Lipinski definition) is 2. The Morgan fingerprint density at radius 2 is 0.936 bits per heavy atom. The van der Waals surface area contributed by atoms with Crippen LogP contribution in [0.25, 0.3) is 0 Å². The van der Waals surface area contributed by atoms with Crippen molar-refractivity contribution in [3.8, 4) is 0 Å². The largest absolute Gasteiger partial charge is 4.00 e. The predicted octanol–water partition coefficient (Wildman–Crippen LogP) is 9.95. The zero-order chi connectivity index (χ0) is 33.3. The van der Waals surface area contributed by atoms with E-state index in [-0.39, 0.29) is 33.1 Å². The van der Waals surface area contributed by atoms with Crippen LogP contribution < -0.4 is 10.6 Å². The minimum Gasteiger partial charge on any atom is -0.373 e. The van der Waals surface area contributed by atoms with Crippen LogP contribution in [0.2, 0.25) is 10.0 Å². The summed E-state index contributed by atoms with van der Waals surface area (Å²) in [5, 5.41) is 5.62. The van der Waals surface area contributed by atoms with Crippen molar-refractivity contribution in [1.29, 1.82) is 0 Å². The summed E-state index contributed by atoms with van der Waals surface area (Å²) in [6.07, 6.45) is 20.0. The Balaban J connectivity index is 0.000000248. The number of carbonyl (C=O) groups is 2. The Bertz CT molecular complexity index is 1590. The second kappa shape index (κ2) is 20.8. The SMILES string of the molecule is O=C(Nc1ccc(F)[c-]c1F)c1ccc(Cl)cc1.O=C(Nc1ccc(F)[c-]c1F)c1ccc(Cl)cc1.[C-]1=CC=CC1.[C-]1=CC=CC1.[Ti+4]. The van der Waals surface area contributed by atoms with Crippen molar-refractivity contribution in [1.82, 2.24) is 0 Å². The van der Waals surface area contributed by atoms with E-state index in [9.17, 15) is 27.2 Å². The molecule has 0 atom stereocenters. The van der Waals surface area contributed by atoms with Crippen molar-refractivity contribution >= 4 is 46.4 Å². The molecule has 2 aliphatic carbocycles. The predicted molar refractivity (Wildman–Crippen MR) is 172 cm³/mol. The molecule has 2 aliphatic rings. The molecule has 0 aromatic heterocycles. The van der Waals surface area contributed by atoms with E-state index < -0.39 is 35.1 Å². The second-order valence-corrected chi connectivity index (χ2v) is 9.87. The summed E-state index contributed by atoms with van der Waals surface area (Å²) in [6, 6.07) is 20.2. The maximum absolute atomic E-state index is 13.3. The van der Waals surface area contributed by atoms with Crippen LogP contribution in [0.3, 0.4) is 0 Å². The molecule has 0 heterocycles. The fourth-order valence-corrected chi connectivity index (χ4v) is 3.60. The molecular weight excluding hydrogens is 687 g/mol. The molecule has 0 bridgehead atoms. The molecule has 0 unspecified atom stereocenters. The number of anilines is 2. The van der Waals surface area contributed by atoms with Gasteiger partial charge in [-0.3, -0.25) is 21.7 Å². The van der Waals surface area contributed by atoms with Gasteiger partial charge in [0.05, 0.1) is 0 Å². The minimum absolute atomic E-state index is 0. The first-order chi connectivity index (χ1) is 22.1. The Morgan fingerprint density at radius 3 is 1.19 bits per heavy atom. The van der Waals surface area contributed by atoms with Crippen LogP contribution in [0.1, 0.15) is 33.6 Å². The van der Waals surface area contributed by atoms with Gasteiger partial charge in [0.2, 0.25) is 11.8 Å². The molecule has 11 heteroatoms. The van der Waals surface area contributed by atoms with Gasteiger partial charge >= 0.3 is 21.7 Å². The van der Waals surface area contributed by atoms with E-state index in [4.69, 9.17) is 23.2 Å². The van der Waals surface area contributed by atoms with Crippen LogP contribution in [0.5, 0.6) is 0 Å². The summed E-state index contributed by atoms with van der Waals surface area (Å²) in [4.78, 5) is 23.5. The molecule has 4 nitrogen and oxygen atoms in total. The number of carbonyl (C=O) groups excluding carboxylic acids is 2. The first-order valence-corrected chi connectivity index (χ1v) is 14.2. The molecule has 0 aliphatic heterocycles. The first-order valence-electron chi connectivity index (χ1n) is 13.4. The number of allylic oxidation sites excluding steroid dienone is 8. The summed E-state index contributed by atoms with van der Waals surface area (Å²) >= 11 is 11.4. The van der Waals surface area contributed by atoms with Gasteiger partial charge < -0.3 is 10.6 Å². The normalized spacial score (nSPS) is 11.5. The standard InChI is InChI=1S/2C13H7ClF2NO.2C5H5.Ti/c2*14-9-3-1-8(2-4-9)13(18)17-12-6-5-10(15)7-11(12)16;2*1-2-4-5-3-1;/h2*1-6H,(H,17,18);2*1-3H,4H2;/q4*-1;+4. The van der Waals surface area contributed by atoms with Crippen LogP contribution in [0.15, 0.2) is 109 Å². The van der Waals surface area contributed by atoms with Gasteiger partial charge in [-0.25, -0.2) is 41.9 Å². The third-order valence-corrected chi connectivity index (χ3v) is 6.11. The zero-order valence-electron chi connectivity index (χ0n) is 24.4. The van der Waals surface area contributed by atoms with Crippen LogP contribution in [0.4, 0.5) is 28.9 Å². The molecular formula is C36H24Cl2F4N2O2Ti. The van der Waals surface area contributed by atoms with E-state index >= 15 is 0 Å². The van der Waals surface area contributed by atoms with Gasteiger partial charge in [-0.15, -0.1) is 49.2 Å². The smallest absolute Gasteiger partial charge is 0.373 e. The maximum Gasteiger partial charge on any atom is 4.00 e. The van der Waals surface area contributed by atoms with Crippen molar-refractivity contribution in [2.75, 3.05) is 10.6 Å². The van der Waals surface area contributed by atoms with Gasteiger partial charge in [0.1, 0.15) is 0 Å². The molecule has 6 rings (SSSR count). The summed E-state index contributed by atoms with van der Waals surface area (Å²) in [5.74, 6) is -4.56. The van der Waals surface area contributed by atoms with E-state index in [0.29, 0.717) is 21.2 Å². The van der Waals surface area contributed by atoms with E-state index in [1.54, 1.807) is 24.3 Å². The van der Waals surface area contributed by atoms with E-state index in [2.05, 4.69) is 34.9 Å². The van der Waals surface area contributed by atoms with Crippen molar-refractivity contribution in [3.05, 3.63) is 178 Å². The van der Waals surface area contributed by atoms with Crippen molar-refractivity contribution < 1.29 is 48.9 Å². The molecule has 0 spiro atoms. The third-order valence-electron chi connectivity index (χ3n) is 5.60. The summed E-state index contributed by atoms with van der Waals surface area (Å²) in [5.41, 5.74) is 0.388. The second-order valence-electron chi connectivity index (χ2n) is 9.00. The average Bonchev–Trinajstić information content (AvgIpc) is 3.81. The van der Waals surface area contributed by atoms with Crippen molar-refractivity contribution in [2.24, 2.45) is 0 Å². The molecule has 2 N–H and O–H groups in total. The fraction of sp³-hybridized carbons (Fsp3) is 0.0556. The van der Waals surface area contributed by atoms with Gasteiger partial charge in [-0.1, -0.05) is 23.2 Å². The third kappa shape index (κ3) is 14.4. The molecule has 47 heavy (non-hydrogen) atoms. The van der Waals surface area contributed by atoms with E-state index in [0.717, 1.165) is 37.1 Å². The number of nitrogens with one attached hydrogen (secondary N) is 2. The van der Waals surface area contributed by atoms with E-state index in [1.165, 1.54) is 24.3 Å². The van der Waals surface area contributed by atoms with Crippen LogP contribution >= 0.6 is 23.2 Å². The molecule has 2 amide bonds. The van der Waals surface area contributed by atoms with Gasteiger partial charge in [-0.2, -0.15) is 12.2 Å². The monoisotopic (exact) mass is 710 g/mol. The van der Waals surface area contributed by atoms with E-state index in [1.807, 2.05) is 36.4 Å². The van der Waals surface area contributed by atoms with Crippen LogP contribution in [0, 0.1) is 47.6 Å². The molecule has 4 aromatic rings. The van der Waals surface area contributed by atoms with Crippen molar-refractivity contribution in [2.45, 2.75) is 12.8 Å². The Morgan fingerprint density at radius 1 is 0.574 bits per heavy atom. The number of hydrogen-bond acceptors (Lipinski definition) is 2. The Kier molecular flexibility index (Phi) is 17.3. The van der Waals surface area contributed by atoms with Crippen LogP contribution in [-0.2, 0) is 21.7 Å². The Hall–Kier alpha value is -4.21. The van der Waals surface area contributed by atoms with Crippen molar-refractivity contribution in [3.63, 3.8) is 0 Å². The zero-order valence-corrected chi connectivity index (χ0v) is 27.5. The average molecular weight is 711 g/mol. The van der Waals surface area contributed by atoms with Gasteiger partial charge in [0.15, 0.2) is 0 Å². The molecule has 0 saturated carbocycles. The Labute approximate surface area is 295 Å². The van der Waals surface area contributed by atoms with Gasteiger partial charge in [0, 0.05) is 44.4 Å². The number of halogens is 6. The molecule has 4 aromatic carbocycles. The topological polar surface area (TPSA) is 58.2 Å². The number of amides is 2. The summed E-state index contributed by atoms with van der Waals surface area (Å²) in [7, 11) is 0. The maximum atomic E-state index is 13.3. The minimum atomic E-state index is -0.947. The first kappa shape index (κ1) is 39.0. The van der Waals surface area contributed by atoms with Gasteiger partial charge in [0.25, 0.3) is 0 Å². The molecule has 0 radical (unpaired) electrons. The summed E-state index contributed by atoms with van der Waals surface area (Å²) < 4.78 is 51.8. The quantitative estimate of drug-likeness (QED) is 0.126. The molecule has 0 saturated heterocycles. The number of benzene rings is 4. The molecule has 0 fully saturated rings. The van der Waals surface area contributed by atoms with Gasteiger partial charge in [-0.05, 0) is 59.9 Å².